The van der Waals surface area contributed by atoms with Gasteiger partial charge in [0.05, 0.1) is 6.54 Å². The van der Waals surface area contributed by atoms with Crippen molar-refractivity contribution in [3.8, 4) is 0 Å². The second-order valence-electron chi connectivity index (χ2n) is 24.0. The van der Waals surface area contributed by atoms with E-state index in [4.69, 9.17) is 0 Å². The SMILES string of the molecule is CCCCCCCCCCCCN(CCCCCCCCCCCC)CCN(CCCCCCCCC)CC(=O)N1CCN([C@@H](C=O)N(CCCCCCCCCCCC)CCCCCCCCCCCC)CC1. The van der Waals surface area contributed by atoms with E-state index in [0.717, 1.165) is 58.9 Å². The minimum Gasteiger partial charge on any atom is -0.339 e. The van der Waals surface area contributed by atoms with Crippen molar-refractivity contribution < 1.29 is 9.59 Å². The van der Waals surface area contributed by atoms with E-state index in [2.05, 4.69) is 59.1 Å². The number of hydrogen-bond acceptors (Lipinski definition) is 6. The number of aldehydes is 1. The van der Waals surface area contributed by atoms with Crippen LogP contribution in [-0.4, -0.2) is 121 Å². The largest absolute Gasteiger partial charge is 0.339 e. The molecule has 1 saturated heterocycles. The highest BCUT2D eigenvalue weighted by Gasteiger charge is 2.30. The van der Waals surface area contributed by atoms with Crippen LogP contribution < -0.4 is 0 Å². The molecule has 7 heteroatoms. The molecular weight excluding hydrogens is 907 g/mol. The highest BCUT2D eigenvalue weighted by Crippen LogP contribution is 2.19. The molecule has 0 radical (unpaired) electrons. The van der Waals surface area contributed by atoms with Gasteiger partial charge in [0, 0.05) is 52.4 Å². The van der Waals surface area contributed by atoms with E-state index in [1.165, 1.54) is 321 Å². The Bertz CT molecular complexity index is 1080. The first-order chi connectivity index (χ1) is 36.5. The minimum atomic E-state index is -0.171. The van der Waals surface area contributed by atoms with Gasteiger partial charge in [0.15, 0.2) is 6.29 Å². The van der Waals surface area contributed by atoms with Gasteiger partial charge in [-0.2, -0.15) is 0 Å². The van der Waals surface area contributed by atoms with Crippen molar-refractivity contribution in [2.45, 2.75) is 343 Å². The lowest BCUT2D eigenvalue weighted by atomic mass is 10.1. The lowest BCUT2D eigenvalue weighted by molar-refractivity contribution is -0.136. The first kappa shape index (κ1) is 71.0. The summed E-state index contributed by atoms with van der Waals surface area (Å²) in [5.41, 5.74) is 0. The third-order valence-electron chi connectivity index (χ3n) is 17.0. The van der Waals surface area contributed by atoms with Crippen molar-refractivity contribution in [3.63, 3.8) is 0 Å². The highest BCUT2D eigenvalue weighted by atomic mass is 16.2. The quantitative estimate of drug-likeness (QED) is 0.0447. The predicted molar refractivity (Wildman–Crippen MR) is 328 cm³/mol. The topological polar surface area (TPSA) is 50.3 Å². The third kappa shape index (κ3) is 43.9. The van der Waals surface area contributed by atoms with Crippen LogP contribution in [0.2, 0.25) is 0 Å². The van der Waals surface area contributed by atoms with Crippen LogP contribution in [0, 0.1) is 0 Å². The van der Waals surface area contributed by atoms with Gasteiger partial charge in [-0.15, -0.1) is 0 Å². The molecule has 0 spiro atoms. The van der Waals surface area contributed by atoms with Gasteiger partial charge in [-0.05, 0) is 51.7 Å². The van der Waals surface area contributed by atoms with Crippen LogP contribution in [0.25, 0.3) is 0 Å². The van der Waals surface area contributed by atoms with Crippen LogP contribution in [0.3, 0.4) is 0 Å². The molecule has 7 nitrogen and oxygen atoms in total. The van der Waals surface area contributed by atoms with Gasteiger partial charge in [-0.25, -0.2) is 0 Å². The van der Waals surface area contributed by atoms with Gasteiger partial charge < -0.3 is 14.6 Å². The molecule has 0 aliphatic carbocycles. The monoisotopic (exact) mass is 1040 g/mol. The summed E-state index contributed by atoms with van der Waals surface area (Å²) in [6, 6.07) is 0. The average molecular weight is 1040 g/mol. The van der Waals surface area contributed by atoms with Gasteiger partial charge in [0.2, 0.25) is 5.91 Å². The number of piperazine rings is 1. The highest BCUT2D eigenvalue weighted by molar-refractivity contribution is 5.78. The van der Waals surface area contributed by atoms with Crippen LogP contribution in [0.5, 0.6) is 0 Å². The van der Waals surface area contributed by atoms with Gasteiger partial charge in [0.1, 0.15) is 6.17 Å². The van der Waals surface area contributed by atoms with Gasteiger partial charge in [-0.3, -0.25) is 19.5 Å². The first-order valence-electron chi connectivity index (χ1n) is 34.2. The molecular formula is C67H135N5O2. The van der Waals surface area contributed by atoms with E-state index >= 15 is 0 Å². The van der Waals surface area contributed by atoms with Crippen LogP contribution >= 0.6 is 0 Å². The number of amides is 1. The maximum absolute atomic E-state index is 14.3. The Kier molecular flexibility index (Phi) is 54.4. The number of nitrogens with zero attached hydrogens (tertiary/aromatic N) is 5. The van der Waals surface area contributed by atoms with E-state index in [1.807, 2.05) is 0 Å². The molecule has 0 N–H and O–H groups in total. The van der Waals surface area contributed by atoms with Crippen molar-refractivity contribution in [1.82, 2.24) is 24.5 Å². The van der Waals surface area contributed by atoms with Crippen LogP contribution in [0.1, 0.15) is 336 Å². The summed E-state index contributed by atoms with van der Waals surface area (Å²) in [6.07, 6.45) is 64.7. The van der Waals surface area contributed by atoms with E-state index in [1.54, 1.807) is 0 Å². The molecule has 1 rings (SSSR count). The molecule has 0 aromatic heterocycles. The second kappa shape index (κ2) is 56.7. The van der Waals surface area contributed by atoms with Gasteiger partial charge in [0.25, 0.3) is 0 Å². The Hall–Kier alpha value is -1.02. The van der Waals surface area contributed by atoms with Crippen molar-refractivity contribution in [3.05, 3.63) is 0 Å². The molecule has 1 atom stereocenters. The minimum absolute atomic E-state index is 0.171. The molecule has 1 fully saturated rings. The molecule has 0 aromatic rings. The van der Waals surface area contributed by atoms with Crippen molar-refractivity contribution in [1.29, 1.82) is 0 Å². The average Bonchev–Trinajstić information content (AvgIpc) is 3.41. The fraction of sp³-hybridized carbons (Fsp3) is 0.970. The van der Waals surface area contributed by atoms with Gasteiger partial charge in [-0.1, -0.05) is 304 Å². The molecule has 1 heterocycles. The van der Waals surface area contributed by atoms with E-state index in [0.29, 0.717) is 12.5 Å². The Balaban J connectivity index is 2.88. The fourth-order valence-corrected chi connectivity index (χ4v) is 11.7. The zero-order chi connectivity index (χ0) is 53.5. The Morgan fingerprint density at radius 1 is 0.324 bits per heavy atom. The molecule has 1 aliphatic heterocycles. The third-order valence-corrected chi connectivity index (χ3v) is 17.0. The molecule has 74 heavy (non-hydrogen) atoms. The second-order valence-corrected chi connectivity index (χ2v) is 24.0. The van der Waals surface area contributed by atoms with Crippen molar-refractivity contribution >= 4 is 12.2 Å². The lowest BCUT2D eigenvalue weighted by Crippen LogP contribution is -2.58. The first-order valence-corrected chi connectivity index (χ1v) is 34.2. The predicted octanol–water partition coefficient (Wildman–Crippen LogP) is 19.0. The molecule has 1 amide bonds. The van der Waals surface area contributed by atoms with E-state index in [9.17, 15) is 9.59 Å². The van der Waals surface area contributed by atoms with Crippen LogP contribution in [-0.2, 0) is 9.59 Å². The zero-order valence-corrected chi connectivity index (χ0v) is 51.4. The summed E-state index contributed by atoms with van der Waals surface area (Å²) >= 11 is 0. The lowest BCUT2D eigenvalue weighted by Gasteiger charge is -2.42. The van der Waals surface area contributed by atoms with Crippen LogP contribution in [0.4, 0.5) is 0 Å². The number of hydrogen-bond donors (Lipinski definition) is 0. The summed E-state index contributed by atoms with van der Waals surface area (Å²) in [5.74, 6) is 0.304. The summed E-state index contributed by atoms with van der Waals surface area (Å²) < 4.78 is 0. The maximum Gasteiger partial charge on any atom is 0.236 e. The van der Waals surface area contributed by atoms with E-state index < -0.39 is 0 Å². The van der Waals surface area contributed by atoms with Gasteiger partial charge >= 0.3 is 0 Å². The Morgan fingerprint density at radius 2 is 0.568 bits per heavy atom. The standard InChI is InChI=1S/C67H135N5O2/c1-6-11-16-21-26-30-34-39-43-48-53-68(54-49-44-40-35-31-27-22-17-12-7-2)58-59-69(55-50-45-38-25-20-15-10-5)64-67(74)72-62-60-71(61-63-72)66(65-73)70(56-51-46-41-36-32-28-23-18-13-8-3)57-52-47-42-37-33-29-24-19-14-9-4/h65-66H,6-64H2,1-5H3/t66-/m0/s1. The number of carbonyl (C=O) groups excluding carboxylic acids is 2. The van der Waals surface area contributed by atoms with Crippen molar-refractivity contribution in [2.24, 2.45) is 0 Å². The van der Waals surface area contributed by atoms with E-state index in [-0.39, 0.29) is 6.17 Å². The number of carbonyl (C=O) groups is 2. The molecule has 0 aromatic carbocycles. The Morgan fingerprint density at radius 3 is 0.851 bits per heavy atom. The summed E-state index contributed by atoms with van der Waals surface area (Å²) in [7, 11) is 0. The number of unbranched alkanes of at least 4 members (excludes halogenated alkanes) is 42. The molecule has 0 saturated carbocycles. The number of rotatable bonds is 60. The summed E-state index contributed by atoms with van der Waals surface area (Å²) in [4.78, 5) is 39.8. The summed E-state index contributed by atoms with van der Waals surface area (Å²) in [6.45, 7) is 22.7. The smallest absolute Gasteiger partial charge is 0.236 e. The molecule has 440 valence electrons. The molecule has 0 unspecified atom stereocenters. The van der Waals surface area contributed by atoms with Crippen LogP contribution in [0.15, 0.2) is 0 Å². The normalized spacial score (nSPS) is 13.9. The van der Waals surface area contributed by atoms with Crippen molar-refractivity contribution in [2.75, 3.05) is 78.5 Å². The molecule has 0 bridgehead atoms. The zero-order valence-electron chi connectivity index (χ0n) is 51.4. The maximum atomic E-state index is 14.3. The molecule has 1 aliphatic rings. The fourth-order valence-electron chi connectivity index (χ4n) is 11.7. The Labute approximate surface area is 465 Å². The summed E-state index contributed by atoms with van der Waals surface area (Å²) in [5, 5.41) is 0.